The molecule has 7 heteroatoms. The van der Waals surface area contributed by atoms with Gasteiger partial charge in [-0.15, -0.1) is 0 Å². The highest BCUT2D eigenvalue weighted by Gasteiger charge is 2.09. The van der Waals surface area contributed by atoms with Gasteiger partial charge in [-0.05, 0) is 42.8 Å². The molecule has 3 rings (SSSR count). The van der Waals surface area contributed by atoms with E-state index in [1.165, 1.54) is 12.4 Å². The Kier molecular flexibility index (Phi) is 5.34. The standard InChI is InChI=1S/C19H17ClN4O2/c1-12-6-7-17(26-2)16(8-12)24-19-21-10-13(11-22-19)18(25)23-15-5-3-4-14(20)9-15/h3-11H,1-2H3,(H,23,25)(H,21,22,24). The van der Waals surface area contributed by atoms with Gasteiger partial charge in [0.15, 0.2) is 0 Å². The van der Waals surface area contributed by atoms with Crippen LogP contribution in [0, 0.1) is 6.92 Å². The molecule has 3 aromatic rings. The average Bonchev–Trinajstić information content (AvgIpc) is 2.62. The Morgan fingerprint density at radius 1 is 1.12 bits per heavy atom. The van der Waals surface area contributed by atoms with Crippen molar-refractivity contribution in [3.63, 3.8) is 0 Å². The summed E-state index contributed by atoms with van der Waals surface area (Å²) in [5.74, 6) is 0.738. The Bertz CT molecular complexity index is 929. The number of rotatable bonds is 5. The first kappa shape index (κ1) is 17.7. The minimum absolute atomic E-state index is 0.313. The first-order valence-electron chi connectivity index (χ1n) is 7.86. The van der Waals surface area contributed by atoms with Crippen molar-refractivity contribution in [1.82, 2.24) is 9.97 Å². The third-order valence-corrected chi connectivity index (χ3v) is 3.83. The van der Waals surface area contributed by atoms with Crippen molar-refractivity contribution >= 4 is 34.8 Å². The summed E-state index contributed by atoms with van der Waals surface area (Å²) in [6, 6.07) is 12.7. The minimum Gasteiger partial charge on any atom is -0.495 e. The molecule has 1 heterocycles. The molecule has 0 bridgehead atoms. The van der Waals surface area contributed by atoms with E-state index in [0.717, 1.165) is 11.3 Å². The van der Waals surface area contributed by atoms with Gasteiger partial charge in [0.05, 0.1) is 18.4 Å². The smallest absolute Gasteiger partial charge is 0.258 e. The summed E-state index contributed by atoms with van der Waals surface area (Å²) in [5.41, 5.74) is 2.77. The zero-order chi connectivity index (χ0) is 18.5. The number of benzene rings is 2. The molecule has 0 radical (unpaired) electrons. The van der Waals surface area contributed by atoms with Gasteiger partial charge >= 0.3 is 0 Å². The summed E-state index contributed by atoms with van der Waals surface area (Å²) in [5, 5.41) is 6.39. The second-order valence-electron chi connectivity index (χ2n) is 5.59. The number of ether oxygens (including phenoxy) is 1. The summed E-state index contributed by atoms with van der Waals surface area (Å²) in [6.07, 6.45) is 2.91. The van der Waals surface area contributed by atoms with E-state index in [9.17, 15) is 4.79 Å². The maximum Gasteiger partial charge on any atom is 0.258 e. The molecule has 1 amide bonds. The van der Waals surface area contributed by atoms with Crippen LogP contribution >= 0.6 is 11.6 Å². The van der Waals surface area contributed by atoms with Crippen molar-refractivity contribution in [3.8, 4) is 5.75 Å². The molecule has 0 saturated heterocycles. The number of aromatic nitrogens is 2. The number of anilines is 3. The lowest BCUT2D eigenvalue weighted by atomic mass is 10.2. The molecule has 0 aliphatic carbocycles. The number of nitrogens with one attached hydrogen (secondary N) is 2. The van der Waals surface area contributed by atoms with Crippen LogP contribution in [0.15, 0.2) is 54.9 Å². The van der Waals surface area contributed by atoms with Crippen molar-refractivity contribution in [2.75, 3.05) is 17.7 Å². The predicted molar refractivity (Wildman–Crippen MR) is 102 cm³/mol. The van der Waals surface area contributed by atoms with Crippen molar-refractivity contribution in [3.05, 3.63) is 71.0 Å². The van der Waals surface area contributed by atoms with Crippen molar-refractivity contribution in [1.29, 1.82) is 0 Å². The first-order chi connectivity index (χ1) is 12.5. The normalized spacial score (nSPS) is 10.3. The van der Waals surface area contributed by atoms with Crippen molar-refractivity contribution < 1.29 is 9.53 Å². The number of amides is 1. The Hall–Kier alpha value is -3.12. The van der Waals surface area contributed by atoms with Crippen molar-refractivity contribution in [2.24, 2.45) is 0 Å². The third-order valence-electron chi connectivity index (χ3n) is 3.60. The highest BCUT2D eigenvalue weighted by molar-refractivity contribution is 6.30. The number of carbonyl (C=O) groups excluding carboxylic acids is 1. The Balaban J connectivity index is 1.72. The minimum atomic E-state index is -0.313. The van der Waals surface area contributed by atoms with Gasteiger partial charge in [-0.2, -0.15) is 0 Å². The summed E-state index contributed by atoms with van der Waals surface area (Å²) in [6.45, 7) is 1.98. The molecule has 0 fully saturated rings. The van der Waals surface area contributed by atoms with Crippen LogP contribution in [-0.4, -0.2) is 23.0 Å². The van der Waals surface area contributed by atoms with Crippen LogP contribution in [0.2, 0.25) is 5.02 Å². The Labute approximate surface area is 156 Å². The molecule has 0 aliphatic rings. The molecule has 2 N–H and O–H groups in total. The lowest BCUT2D eigenvalue weighted by Crippen LogP contribution is -2.13. The molecule has 0 aliphatic heterocycles. The molecular formula is C19H17ClN4O2. The van der Waals surface area contributed by atoms with Crippen LogP contribution in [0.25, 0.3) is 0 Å². The van der Waals surface area contributed by atoms with Gasteiger partial charge in [-0.1, -0.05) is 23.7 Å². The summed E-state index contributed by atoms with van der Waals surface area (Å²) < 4.78 is 5.32. The summed E-state index contributed by atoms with van der Waals surface area (Å²) in [7, 11) is 1.60. The van der Waals surface area contributed by atoms with Gasteiger partial charge in [-0.3, -0.25) is 4.79 Å². The Morgan fingerprint density at radius 2 is 1.88 bits per heavy atom. The highest BCUT2D eigenvalue weighted by Crippen LogP contribution is 2.27. The van der Waals surface area contributed by atoms with Gasteiger partial charge in [-0.25, -0.2) is 9.97 Å². The second kappa shape index (κ2) is 7.84. The van der Waals surface area contributed by atoms with E-state index in [-0.39, 0.29) is 5.91 Å². The second-order valence-corrected chi connectivity index (χ2v) is 6.02. The van der Waals surface area contributed by atoms with Gasteiger partial charge in [0, 0.05) is 23.1 Å². The average molecular weight is 369 g/mol. The van der Waals surface area contributed by atoms with E-state index in [4.69, 9.17) is 16.3 Å². The quantitative estimate of drug-likeness (QED) is 0.696. The summed E-state index contributed by atoms with van der Waals surface area (Å²) in [4.78, 5) is 20.7. The van der Waals surface area contributed by atoms with Crippen LogP contribution < -0.4 is 15.4 Å². The van der Waals surface area contributed by atoms with E-state index in [1.54, 1.807) is 31.4 Å². The van der Waals surface area contributed by atoms with Gasteiger partial charge in [0.25, 0.3) is 5.91 Å². The fraction of sp³-hybridized carbons (Fsp3) is 0.105. The predicted octanol–water partition coefficient (Wildman–Crippen LogP) is 4.44. The topological polar surface area (TPSA) is 76.1 Å². The van der Waals surface area contributed by atoms with E-state index in [0.29, 0.717) is 28.0 Å². The van der Waals surface area contributed by atoms with E-state index >= 15 is 0 Å². The third kappa shape index (κ3) is 4.29. The Morgan fingerprint density at radius 3 is 2.58 bits per heavy atom. The number of halogens is 1. The molecule has 0 spiro atoms. The molecule has 0 saturated carbocycles. The largest absolute Gasteiger partial charge is 0.495 e. The SMILES string of the molecule is COc1ccc(C)cc1Nc1ncc(C(=O)Nc2cccc(Cl)c2)cn1. The first-order valence-corrected chi connectivity index (χ1v) is 8.23. The maximum absolute atomic E-state index is 12.3. The zero-order valence-electron chi connectivity index (χ0n) is 14.3. The van der Waals surface area contributed by atoms with Gasteiger partial charge in [0.1, 0.15) is 5.75 Å². The van der Waals surface area contributed by atoms with Crippen LogP contribution in [0.4, 0.5) is 17.3 Å². The number of hydrogen-bond acceptors (Lipinski definition) is 5. The highest BCUT2D eigenvalue weighted by atomic mass is 35.5. The van der Waals surface area contributed by atoms with Gasteiger partial charge in [0.2, 0.25) is 5.95 Å². The van der Waals surface area contributed by atoms with Gasteiger partial charge < -0.3 is 15.4 Å². The van der Waals surface area contributed by atoms with E-state index in [2.05, 4.69) is 20.6 Å². The van der Waals surface area contributed by atoms with Crippen LogP contribution in [0.5, 0.6) is 5.75 Å². The molecule has 132 valence electrons. The molecule has 1 aromatic heterocycles. The number of carbonyl (C=O) groups is 1. The molecule has 0 atom stereocenters. The lowest BCUT2D eigenvalue weighted by Gasteiger charge is -2.11. The van der Waals surface area contributed by atoms with E-state index < -0.39 is 0 Å². The number of nitrogens with zero attached hydrogens (tertiary/aromatic N) is 2. The number of aryl methyl sites for hydroxylation is 1. The zero-order valence-corrected chi connectivity index (χ0v) is 15.0. The molecule has 6 nitrogen and oxygen atoms in total. The molecule has 0 unspecified atom stereocenters. The van der Waals surface area contributed by atoms with Crippen LogP contribution in [-0.2, 0) is 0 Å². The summed E-state index contributed by atoms with van der Waals surface area (Å²) >= 11 is 5.91. The lowest BCUT2D eigenvalue weighted by molar-refractivity contribution is 0.102. The molecule has 26 heavy (non-hydrogen) atoms. The molecular weight excluding hydrogens is 352 g/mol. The monoisotopic (exact) mass is 368 g/mol. The van der Waals surface area contributed by atoms with E-state index in [1.807, 2.05) is 25.1 Å². The number of hydrogen-bond donors (Lipinski definition) is 2. The van der Waals surface area contributed by atoms with Crippen LogP contribution in [0.3, 0.4) is 0 Å². The van der Waals surface area contributed by atoms with Crippen molar-refractivity contribution in [2.45, 2.75) is 6.92 Å². The van der Waals surface area contributed by atoms with Crippen LogP contribution in [0.1, 0.15) is 15.9 Å². The molecule has 2 aromatic carbocycles. The fourth-order valence-electron chi connectivity index (χ4n) is 2.32. The maximum atomic E-state index is 12.3. The number of methoxy groups -OCH3 is 1. The fourth-order valence-corrected chi connectivity index (χ4v) is 2.51.